The van der Waals surface area contributed by atoms with Crippen molar-refractivity contribution in [2.45, 2.75) is 89.3 Å². The number of likely N-dealkylation sites (tertiary alicyclic amines) is 1. The molecule has 5 nitrogen and oxygen atoms in total. The highest BCUT2D eigenvalue weighted by molar-refractivity contribution is 5.94. The molecule has 1 amide bonds. The quantitative estimate of drug-likeness (QED) is 0.638. The number of rotatable bonds is 5. The van der Waals surface area contributed by atoms with E-state index in [9.17, 15) is 4.79 Å². The molecule has 1 atom stereocenters. The highest BCUT2D eigenvalue weighted by atomic mass is 16.2. The molecule has 0 aromatic carbocycles. The van der Waals surface area contributed by atoms with E-state index in [0.29, 0.717) is 24.3 Å². The molecule has 148 valence electrons. The summed E-state index contributed by atoms with van der Waals surface area (Å²) in [4.78, 5) is 15.1. The molecule has 1 saturated carbocycles. The molecule has 2 aliphatic carbocycles. The maximum atomic E-state index is 13.1. The normalized spacial score (nSPS) is 23.9. The summed E-state index contributed by atoms with van der Waals surface area (Å²) >= 11 is 0. The molecular formula is C22H34N4O. The molecular weight excluding hydrogens is 336 g/mol. The lowest BCUT2D eigenvalue weighted by atomic mass is 9.90. The van der Waals surface area contributed by atoms with Crippen LogP contribution < -0.4 is 5.32 Å². The first-order valence-electron chi connectivity index (χ1n) is 11.0. The second-order valence-electron chi connectivity index (χ2n) is 8.54. The van der Waals surface area contributed by atoms with Crippen LogP contribution in [0.2, 0.25) is 0 Å². The van der Waals surface area contributed by atoms with Gasteiger partial charge in [0.15, 0.2) is 5.69 Å². The monoisotopic (exact) mass is 370 g/mol. The number of nitrogens with one attached hydrogen (secondary N) is 1. The van der Waals surface area contributed by atoms with Gasteiger partial charge in [0.2, 0.25) is 0 Å². The Labute approximate surface area is 163 Å². The summed E-state index contributed by atoms with van der Waals surface area (Å²) in [6, 6.07) is 1.13. The predicted molar refractivity (Wildman–Crippen MR) is 108 cm³/mol. The van der Waals surface area contributed by atoms with Crippen molar-refractivity contribution in [2.24, 2.45) is 0 Å². The number of allylic oxidation sites excluding steroid dienone is 1. The van der Waals surface area contributed by atoms with E-state index in [4.69, 9.17) is 5.10 Å². The molecule has 2 heterocycles. The first kappa shape index (κ1) is 18.7. The van der Waals surface area contributed by atoms with Crippen LogP contribution in [0, 0.1) is 0 Å². The number of nitrogens with zero attached hydrogens (tertiary/aromatic N) is 3. The Kier molecular flexibility index (Phi) is 5.96. The Morgan fingerprint density at radius 2 is 1.81 bits per heavy atom. The van der Waals surface area contributed by atoms with Gasteiger partial charge in [-0.25, -0.2) is 0 Å². The van der Waals surface area contributed by atoms with Crippen LogP contribution in [0.3, 0.4) is 0 Å². The lowest BCUT2D eigenvalue weighted by Gasteiger charge is -2.29. The highest BCUT2D eigenvalue weighted by Gasteiger charge is 2.32. The summed E-state index contributed by atoms with van der Waals surface area (Å²) in [5, 5.41) is 8.68. The summed E-state index contributed by atoms with van der Waals surface area (Å²) in [7, 11) is 0. The van der Waals surface area contributed by atoms with Crippen LogP contribution >= 0.6 is 0 Å². The number of carbonyl (C=O) groups is 1. The van der Waals surface area contributed by atoms with Gasteiger partial charge in [0.05, 0.1) is 6.54 Å². The van der Waals surface area contributed by atoms with E-state index < -0.39 is 0 Å². The summed E-state index contributed by atoms with van der Waals surface area (Å²) in [6.45, 7) is 6.32. The third-order valence-corrected chi connectivity index (χ3v) is 6.57. The fourth-order valence-corrected chi connectivity index (χ4v) is 5.12. The molecule has 1 aromatic rings. The molecule has 5 heteroatoms. The minimum atomic E-state index is 0.140. The van der Waals surface area contributed by atoms with E-state index in [-0.39, 0.29) is 5.91 Å². The van der Waals surface area contributed by atoms with E-state index in [1.165, 1.54) is 49.8 Å². The van der Waals surface area contributed by atoms with E-state index in [1.807, 2.05) is 15.7 Å². The van der Waals surface area contributed by atoms with Gasteiger partial charge in [-0.15, -0.1) is 6.58 Å². The van der Waals surface area contributed by atoms with Gasteiger partial charge in [-0.05, 0) is 44.9 Å². The van der Waals surface area contributed by atoms with Crippen molar-refractivity contribution in [3.05, 3.63) is 29.6 Å². The Bertz CT molecular complexity index is 666. The average Bonchev–Trinajstić information content (AvgIpc) is 3.25. The van der Waals surface area contributed by atoms with Crippen LogP contribution in [0.5, 0.6) is 0 Å². The minimum absolute atomic E-state index is 0.140. The number of carbonyl (C=O) groups excluding carboxylic acids is 1. The summed E-state index contributed by atoms with van der Waals surface area (Å²) in [5.74, 6) is 0.140. The largest absolute Gasteiger partial charge is 0.337 e. The van der Waals surface area contributed by atoms with Crippen LogP contribution in [-0.4, -0.2) is 45.8 Å². The predicted octanol–water partition coefficient (Wildman–Crippen LogP) is 3.47. The van der Waals surface area contributed by atoms with Gasteiger partial charge < -0.3 is 10.2 Å². The lowest BCUT2D eigenvalue weighted by Crippen LogP contribution is -2.42. The van der Waals surface area contributed by atoms with E-state index in [2.05, 4.69) is 11.9 Å². The number of amides is 1. The summed E-state index contributed by atoms with van der Waals surface area (Å²) in [5.41, 5.74) is 3.17. The van der Waals surface area contributed by atoms with Gasteiger partial charge in [0.25, 0.3) is 5.91 Å². The smallest absolute Gasteiger partial charge is 0.274 e. The van der Waals surface area contributed by atoms with Crippen LogP contribution in [0.15, 0.2) is 12.7 Å². The number of fused-ring (bicyclic) bond motifs is 1. The average molecular weight is 371 g/mol. The van der Waals surface area contributed by atoms with E-state index in [1.54, 1.807) is 0 Å². The van der Waals surface area contributed by atoms with Gasteiger partial charge in [0.1, 0.15) is 0 Å². The minimum Gasteiger partial charge on any atom is -0.337 e. The molecule has 3 aliphatic rings. The lowest BCUT2D eigenvalue weighted by molar-refractivity contribution is 0.0785. The fraction of sp³-hybridized carbons (Fsp3) is 0.727. The van der Waals surface area contributed by atoms with Gasteiger partial charge in [-0.2, -0.15) is 5.10 Å². The molecule has 1 N–H and O–H groups in total. The van der Waals surface area contributed by atoms with Crippen molar-refractivity contribution >= 4 is 5.91 Å². The standard InChI is InChI=1S/C22H34N4O/c1-2-13-26-20-12-11-18(23-17-9-5-3-4-6-10-17)16-19(20)21(24-26)22(27)25-14-7-8-15-25/h2,17-18,23H,1,3-16H2/t18-/m0/s1. The van der Waals surface area contributed by atoms with Crippen molar-refractivity contribution < 1.29 is 4.79 Å². The topological polar surface area (TPSA) is 50.2 Å². The molecule has 1 aromatic heterocycles. The Hall–Kier alpha value is -1.62. The van der Waals surface area contributed by atoms with Crippen LogP contribution in [0.4, 0.5) is 0 Å². The molecule has 0 radical (unpaired) electrons. The first-order chi connectivity index (χ1) is 13.3. The van der Waals surface area contributed by atoms with Crippen LogP contribution in [0.25, 0.3) is 0 Å². The second-order valence-corrected chi connectivity index (χ2v) is 8.54. The molecule has 2 fully saturated rings. The number of aromatic nitrogens is 2. The second kappa shape index (κ2) is 8.59. The van der Waals surface area contributed by atoms with Gasteiger partial charge in [0, 0.05) is 36.4 Å². The maximum Gasteiger partial charge on any atom is 0.274 e. The summed E-state index contributed by atoms with van der Waals surface area (Å²) in [6.07, 6.45) is 15.3. The van der Waals surface area contributed by atoms with Gasteiger partial charge >= 0.3 is 0 Å². The SMILES string of the molecule is C=CCn1nc(C(=O)N2CCCC2)c2c1CC[C@H](NC1CCCCCC1)C2. The Morgan fingerprint density at radius 3 is 2.52 bits per heavy atom. The third-order valence-electron chi connectivity index (χ3n) is 6.57. The molecule has 1 aliphatic heterocycles. The molecule has 0 unspecified atom stereocenters. The Morgan fingerprint density at radius 1 is 1.07 bits per heavy atom. The zero-order valence-corrected chi connectivity index (χ0v) is 16.6. The van der Waals surface area contributed by atoms with Gasteiger partial charge in [-0.1, -0.05) is 31.8 Å². The van der Waals surface area contributed by atoms with Crippen molar-refractivity contribution in [2.75, 3.05) is 13.1 Å². The zero-order chi connectivity index (χ0) is 18.6. The van der Waals surface area contributed by atoms with E-state index in [0.717, 1.165) is 45.2 Å². The molecule has 0 bridgehead atoms. The van der Waals surface area contributed by atoms with Gasteiger partial charge in [-0.3, -0.25) is 9.48 Å². The molecule has 4 rings (SSSR count). The Balaban J connectivity index is 1.52. The third kappa shape index (κ3) is 4.13. The molecule has 1 saturated heterocycles. The van der Waals surface area contributed by atoms with Crippen LogP contribution in [-0.2, 0) is 19.4 Å². The number of hydrogen-bond acceptors (Lipinski definition) is 3. The maximum absolute atomic E-state index is 13.1. The fourth-order valence-electron chi connectivity index (χ4n) is 5.12. The summed E-state index contributed by atoms with van der Waals surface area (Å²) < 4.78 is 2.02. The number of hydrogen-bond donors (Lipinski definition) is 1. The van der Waals surface area contributed by atoms with Crippen molar-refractivity contribution in [3.8, 4) is 0 Å². The van der Waals surface area contributed by atoms with Crippen molar-refractivity contribution in [3.63, 3.8) is 0 Å². The van der Waals surface area contributed by atoms with Crippen LogP contribution in [0.1, 0.15) is 79.5 Å². The van der Waals surface area contributed by atoms with E-state index >= 15 is 0 Å². The molecule has 0 spiro atoms. The highest BCUT2D eigenvalue weighted by Crippen LogP contribution is 2.28. The van der Waals surface area contributed by atoms with Crippen molar-refractivity contribution in [1.82, 2.24) is 20.0 Å². The first-order valence-corrected chi connectivity index (χ1v) is 11.0. The molecule has 27 heavy (non-hydrogen) atoms. The zero-order valence-electron chi connectivity index (χ0n) is 16.6. The van der Waals surface area contributed by atoms with Crippen molar-refractivity contribution in [1.29, 1.82) is 0 Å².